The van der Waals surface area contributed by atoms with Gasteiger partial charge in [0.05, 0.1) is 32.2 Å². The summed E-state index contributed by atoms with van der Waals surface area (Å²) in [6.07, 6.45) is 3.13. The van der Waals surface area contributed by atoms with E-state index in [0.717, 1.165) is 5.75 Å². The summed E-state index contributed by atoms with van der Waals surface area (Å²) in [5.74, 6) is 0.755. The van der Waals surface area contributed by atoms with E-state index >= 15 is 0 Å². The number of nitrogens with zero attached hydrogens (tertiary/aromatic N) is 5. The highest BCUT2D eigenvalue weighted by Crippen LogP contribution is 2.20. The second-order valence-corrected chi connectivity index (χ2v) is 7.27. The van der Waals surface area contributed by atoms with Crippen LogP contribution in [0.25, 0.3) is 0 Å². The van der Waals surface area contributed by atoms with Crippen LogP contribution >= 0.6 is 0 Å². The van der Waals surface area contributed by atoms with Gasteiger partial charge in [0.1, 0.15) is 17.2 Å². The molecule has 174 valence electrons. The largest absolute Gasteiger partial charge is 0.497 e. The quantitative estimate of drug-likeness (QED) is 0.553. The summed E-state index contributed by atoms with van der Waals surface area (Å²) in [5.41, 5.74) is 0.889. The van der Waals surface area contributed by atoms with Crippen molar-refractivity contribution in [2.24, 2.45) is 0 Å². The summed E-state index contributed by atoms with van der Waals surface area (Å²) in [5, 5.41) is 11.3. The standard InChI is InChI=1S/C22H26N6O5/c1-3-28-20(22(30)26-10-12-32-13-11-26)19(14-23-28)24-21(29)18-8-9-27(25-18)15-33-17-6-4-16(31-2)5-7-17/h4-9,14H,3,10-13,15H2,1-2H3,(H,24,29). The van der Waals surface area contributed by atoms with E-state index in [1.54, 1.807) is 53.2 Å². The van der Waals surface area contributed by atoms with Gasteiger partial charge in [-0.1, -0.05) is 0 Å². The molecule has 1 N–H and O–H groups in total. The molecule has 11 heteroatoms. The Morgan fingerprint density at radius 3 is 2.55 bits per heavy atom. The van der Waals surface area contributed by atoms with E-state index in [-0.39, 0.29) is 18.3 Å². The minimum absolute atomic E-state index is 0.133. The maximum atomic E-state index is 13.1. The minimum atomic E-state index is -0.440. The number of rotatable bonds is 8. The average Bonchev–Trinajstić information content (AvgIpc) is 3.50. The lowest BCUT2D eigenvalue weighted by Crippen LogP contribution is -2.41. The van der Waals surface area contributed by atoms with Gasteiger partial charge in [0.15, 0.2) is 12.4 Å². The number of methoxy groups -OCH3 is 1. The summed E-state index contributed by atoms with van der Waals surface area (Å²) >= 11 is 0. The number of nitrogens with one attached hydrogen (secondary N) is 1. The molecule has 3 aromatic rings. The van der Waals surface area contributed by atoms with Gasteiger partial charge < -0.3 is 24.4 Å². The van der Waals surface area contributed by atoms with Crippen molar-refractivity contribution in [2.45, 2.75) is 20.2 Å². The second kappa shape index (κ2) is 10.2. The molecule has 3 heterocycles. The predicted octanol–water partition coefficient (Wildman–Crippen LogP) is 1.87. The lowest BCUT2D eigenvalue weighted by molar-refractivity contribution is 0.0295. The second-order valence-electron chi connectivity index (χ2n) is 7.27. The summed E-state index contributed by atoms with van der Waals surface area (Å²) in [7, 11) is 1.60. The van der Waals surface area contributed by atoms with Crippen molar-refractivity contribution in [1.82, 2.24) is 24.5 Å². The summed E-state index contributed by atoms with van der Waals surface area (Å²) in [4.78, 5) is 27.6. The van der Waals surface area contributed by atoms with E-state index in [1.165, 1.54) is 10.9 Å². The number of ether oxygens (including phenoxy) is 3. The van der Waals surface area contributed by atoms with E-state index < -0.39 is 5.91 Å². The molecule has 0 saturated carbocycles. The Morgan fingerprint density at radius 2 is 1.85 bits per heavy atom. The van der Waals surface area contributed by atoms with Crippen LogP contribution in [0.5, 0.6) is 11.5 Å². The number of aromatic nitrogens is 4. The zero-order valence-electron chi connectivity index (χ0n) is 18.6. The van der Waals surface area contributed by atoms with Crippen molar-refractivity contribution in [3.8, 4) is 11.5 Å². The van der Waals surface area contributed by atoms with Crippen LogP contribution in [-0.4, -0.2) is 69.7 Å². The van der Waals surface area contributed by atoms with E-state index in [2.05, 4.69) is 15.5 Å². The summed E-state index contributed by atoms with van der Waals surface area (Å²) in [6, 6.07) is 8.75. The lowest BCUT2D eigenvalue weighted by atomic mass is 10.2. The normalized spacial score (nSPS) is 13.6. The SMILES string of the molecule is CCn1ncc(NC(=O)c2ccn(COc3ccc(OC)cc3)n2)c1C(=O)N1CCOCC1. The third kappa shape index (κ3) is 5.14. The molecule has 1 aromatic carbocycles. The molecule has 1 aliphatic rings. The van der Waals surface area contributed by atoms with E-state index in [1.807, 2.05) is 6.92 Å². The van der Waals surface area contributed by atoms with Crippen molar-refractivity contribution in [3.05, 3.63) is 54.1 Å². The first kappa shape index (κ1) is 22.3. The number of benzene rings is 1. The van der Waals surface area contributed by atoms with Crippen molar-refractivity contribution in [1.29, 1.82) is 0 Å². The van der Waals surface area contributed by atoms with Crippen LogP contribution in [0.3, 0.4) is 0 Å². The van der Waals surface area contributed by atoms with Crippen LogP contribution in [0, 0.1) is 0 Å². The molecule has 11 nitrogen and oxygen atoms in total. The molecule has 2 aromatic heterocycles. The van der Waals surface area contributed by atoms with Gasteiger partial charge in [0.25, 0.3) is 11.8 Å². The van der Waals surface area contributed by atoms with Gasteiger partial charge in [0.2, 0.25) is 0 Å². The third-order valence-corrected chi connectivity index (χ3v) is 5.18. The molecular formula is C22H26N6O5. The van der Waals surface area contributed by atoms with Crippen LogP contribution in [0.4, 0.5) is 5.69 Å². The van der Waals surface area contributed by atoms with E-state index in [9.17, 15) is 9.59 Å². The fourth-order valence-corrected chi connectivity index (χ4v) is 3.41. The molecule has 1 fully saturated rings. The maximum absolute atomic E-state index is 13.1. The zero-order valence-corrected chi connectivity index (χ0v) is 18.6. The Balaban J connectivity index is 1.41. The predicted molar refractivity (Wildman–Crippen MR) is 118 cm³/mol. The third-order valence-electron chi connectivity index (χ3n) is 5.18. The molecule has 2 amide bonds. The topological polar surface area (TPSA) is 113 Å². The van der Waals surface area contributed by atoms with Gasteiger partial charge in [-0.15, -0.1) is 0 Å². The molecule has 33 heavy (non-hydrogen) atoms. The molecule has 0 aliphatic carbocycles. The van der Waals surface area contributed by atoms with Crippen LogP contribution in [0.2, 0.25) is 0 Å². The minimum Gasteiger partial charge on any atom is -0.497 e. The fourth-order valence-electron chi connectivity index (χ4n) is 3.41. The van der Waals surface area contributed by atoms with Crippen LogP contribution in [0.1, 0.15) is 27.9 Å². The number of carbonyl (C=O) groups excluding carboxylic acids is 2. The Morgan fingerprint density at radius 1 is 1.12 bits per heavy atom. The monoisotopic (exact) mass is 454 g/mol. The zero-order chi connectivity index (χ0) is 23.2. The van der Waals surface area contributed by atoms with Crippen LogP contribution < -0.4 is 14.8 Å². The first-order valence-electron chi connectivity index (χ1n) is 10.6. The number of carbonyl (C=O) groups is 2. The number of morpholine rings is 1. The van der Waals surface area contributed by atoms with Crippen molar-refractivity contribution < 1.29 is 23.8 Å². The van der Waals surface area contributed by atoms with E-state index in [4.69, 9.17) is 14.2 Å². The number of hydrogen-bond donors (Lipinski definition) is 1. The fraction of sp³-hybridized carbons (Fsp3) is 0.364. The Hall–Kier alpha value is -3.86. The molecule has 4 rings (SSSR count). The van der Waals surface area contributed by atoms with Crippen molar-refractivity contribution >= 4 is 17.5 Å². The summed E-state index contributed by atoms with van der Waals surface area (Å²) in [6.45, 7) is 4.50. The van der Waals surface area contributed by atoms with Gasteiger partial charge in [-0.2, -0.15) is 10.2 Å². The van der Waals surface area contributed by atoms with Crippen molar-refractivity contribution in [2.75, 3.05) is 38.7 Å². The molecular weight excluding hydrogens is 428 g/mol. The molecule has 0 bridgehead atoms. The van der Waals surface area contributed by atoms with Crippen LogP contribution in [0.15, 0.2) is 42.7 Å². The van der Waals surface area contributed by atoms with Gasteiger partial charge in [0, 0.05) is 25.8 Å². The highest BCUT2D eigenvalue weighted by Gasteiger charge is 2.26. The molecule has 0 atom stereocenters. The Kier molecular flexibility index (Phi) is 6.89. The Bertz CT molecular complexity index is 1100. The number of amides is 2. The summed E-state index contributed by atoms with van der Waals surface area (Å²) < 4.78 is 19.2. The smallest absolute Gasteiger partial charge is 0.276 e. The highest BCUT2D eigenvalue weighted by molar-refractivity contribution is 6.07. The molecule has 0 spiro atoms. The highest BCUT2D eigenvalue weighted by atomic mass is 16.5. The van der Waals surface area contributed by atoms with Gasteiger partial charge in [-0.05, 0) is 37.3 Å². The average molecular weight is 454 g/mol. The Labute approximate surface area is 190 Å². The molecule has 0 unspecified atom stereocenters. The maximum Gasteiger partial charge on any atom is 0.276 e. The van der Waals surface area contributed by atoms with Gasteiger partial charge in [-0.25, -0.2) is 4.68 Å². The first-order chi connectivity index (χ1) is 16.1. The lowest BCUT2D eigenvalue weighted by Gasteiger charge is -2.27. The van der Waals surface area contributed by atoms with Gasteiger partial charge in [-0.3, -0.25) is 14.3 Å². The number of hydrogen-bond acceptors (Lipinski definition) is 7. The van der Waals surface area contributed by atoms with E-state index in [0.29, 0.717) is 50.0 Å². The molecule has 1 saturated heterocycles. The molecule has 0 radical (unpaired) electrons. The molecule has 1 aliphatic heterocycles. The first-order valence-corrected chi connectivity index (χ1v) is 10.6. The number of aryl methyl sites for hydroxylation is 1. The van der Waals surface area contributed by atoms with Crippen LogP contribution in [-0.2, 0) is 18.0 Å². The van der Waals surface area contributed by atoms with Gasteiger partial charge >= 0.3 is 0 Å². The number of anilines is 1. The van der Waals surface area contributed by atoms with Crippen molar-refractivity contribution in [3.63, 3.8) is 0 Å².